The molecule has 2 saturated heterocycles. The van der Waals surface area contributed by atoms with Crippen molar-refractivity contribution in [1.82, 2.24) is 9.88 Å². The first-order chi connectivity index (χ1) is 11.0. The summed E-state index contributed by atoms with van der Waals surface area (Å²) >= 11 is 0. The van der Waals surface area contributed by atoms with E-state index in [4.69, 9.17) is 10.7 Å². The molecule has 0 spiro atoms. The molecule has 0 radical (unpaired) electrons. The monoisotopic (exact) mass is 317 g/mol. The van der Waals surface area contributed by atoms with Crippen LogP contribution < -0.4 is 15.5 Å². The molecule has 2 N–H and O–H groups in total. The summed E-state index contributed by atoms with van der Waals surface area (Å²) in [5.41, 5.74) is 5.63. The third-order valence-electron chi connectivity index (χ3n) is 5.03. The number of pyridine rings is 1. The first-order valence-electron chi connectivity index (χ1n) is 8.51. The molecule has 2 atom stereocenters. The average Bonchev–Trinajstić information content (AvgIpc) is 2.55. The van der Waals surface area contributed by atoms with Gasteiger partial charge in [-0.05, 0) is 37.9 Å². The Hall–Kier alpha value is -1.82. The van der Waals surface area contributed by atoms with Crippen LogP contribution >= 0.6 is 0 Å². The van der Waals surface area contributed by atoms with E-state index in [2.05, 4.69) is 34.7 Å². The number of aromatic nitrogens is 1. The Kier molecular flexibility index (Phi) is 4.71. The molecule has 3 heterocycles. The van der Waals surface area contributed by atoms with Crippen LogP contribution in [0.4, 0.5) is 11.6 Å². The van der Waals surface area contributed by atoms with Crippen molar-refractivity contribution in [2.45, 2.75) is 25.8 Å². The van der Waals surface area contributed by atoms with E-state index in [9.17, 15) is 4.79 Å². The highest BCUT2D eigenvalue weighted by atomic mass is 16.1. The van der Waals surface area contributed by atoms with Crippen molar-refractivity contribution in [3.63, 3.8) is 0 Å². The van der Waals surface area contributed by atoms with Crippen molar-refractivity contribution in [3.8, 4) is 0 Å². The van der Waals surface area contributed by atoms with Crippen LogP contribution in [0, 0.1) is 5.92 Å². The zero-order chi connectivity index (χ0) is 16.4. The average molecular weight is 317 g/mol. The first kappa shape index (κ1) is 16.1. The van der Waals surface area contributed by atoms with Gasteiger partial charge in [-0.1, -0.05) is 13.0 Å². The molecule has 1 amide bonds. The van der Waals surface area contributed by atoms with Gasteiger partial charge in [-0.2, -0.15) is 0 Å². The molecule has 1 aromatic heterocycles. The molecule has 1 aromatic rings. The van der Waals surface area contributed by atoms with Crippen LogP contribution in [0.25, 0.3) is 0 Å². The van der Waals surface area contributed by atoms with Crippen molar-refractivity contribution in [3.05, 3.63) is 18.2 Å². The smallest absolute Gasteiger partial charge is 0.240 e. The number of amides is 1. The summed E-state index contributed by atoms with van der Waals surface area (Å²) < 4.78 is 0. The van der Waals surface area contributed by atoms with Crippen LogP contribution in [0.2, 0.25) is 0 Å². The number of likely N-dealkylation sites (N-methyl/N-ethyl adjacent to an activating group) is 1. The lowest BCUT2D eigenvalue weighted by Gasteiger charge is -2.38. The van der Waals surface area contributed by atoms with Gasteiger partial charge in [0.2, 0.25) is 5.91 Å². The number of piperazine rings is 1. The number of primary amides is 1. The van der Waals surface area contributed by atoms with Crippen LogP contribution in [0.15, 0.2) is 18.2 Å². The zero-order valence-electron chi connectivity index (χ0n) is 14.1. The van der Waals surface area contributed by atoms with Gasteiger partial charge >= 0.3 is 0 Å². The largest absolute Gasteiger partial charge is 0.368 e. The van der Waals surface area contributed by atoms with E-state index in [1.54, 1.807) is 0 Å². The summed E-state index contributed by atoms with van der Waals surface area (Å²) in [5.74, 6) is 2.16. The Labute approximate surface area is 138 Å². The fourth-order valence-corrected chi connectivity index (χ4v) is 3.47. The minimum Gasteiger partial charge on any atom is -0.368 e. The molecule has 2 aliphatic rings. The number of nitrogens with two attached hydrogens (primary N) is 1. The van der Waals surface area contributed by atoms with E-state index in [1.807, 2.05) is 12.1 Å². The van der Waals surface area contributed by atoms with Gasteiger partial charge in [-0.25, -0.2) is 4.98 Å². The van der Waals surface area contributed by atoms with Gasteiger partial charge < -0.3 is 20.4 Å². The fraction of sp³-hybridized carbons (Fsp3) is 0.647. The summed E-state index contributed by atoms with van der Waals surface area (Å²) in [6, 6.07) is 5.84. The number of carbonyl (C=O) groups is 1. The van der Waals surface area contributed by atoms with Crippen molar-refractivity contribution in [2.75, 3.05) is 49.6 Å². The van der Waals surface area contributed by atoms with Gasteiger partial charge in [0.15, 0.2) is 0 Å². The molecule has 2 fully saturated rings. The third-order valence-corrected chi connectivity index (χ3v) is 5.03. The summed E-state index contributed by atoms with van der Waals surface area (Å²) in [5, 5.41) is 0. The maximum atomic E-state index is 11.8. The van der Waals surface area contributed by atoms with Gasteiger partial charge in [0, 0.05) is 32.7 Å². The highest BCUT2D eigenvalue weighted by Gasteiger charge is 2.31. The van der Waals surface area contributed by atoms with Crippen LogP contribution in [0.1, 0.15) is 19.8 Å². The molecule has 3 rings (SSSR count). The van der Waals surface area contributed by atoms with Crippen LogP contribution in [0.5, 0.6) is 0 Å². The van der Waals surface area contributed by atoms with Crippen LogP contribution in [-0.2, 0) is 4.79 Å². The third kappa shape index (κ3) is 3.58. The SMILES string of the molecule is CC1CCN(c2cccc(N3CCN(C)CC3)n2)C(C(N)=O)C1. The molecule has 0 aromatic carbocycles. The van der Waals surface area contributed by atoms with E-state index in [0.29, 0.717) is 5.92 Å². The molecule has 23 heavy (non-hydrogen) atoms. The van der Waals surface area contributed by atoms with E-state index in [1.165, 1.54) is 0 Å². The van der Waals surface area contributed by atoms with Gasteiger partial charge in [0.1, 0.15) is 17.7 Å². The second-order valence-corrected chi connectivity index (χ2v) is 6.89. The Balaban J connectivity index is 1.79. The van der Waals surface area contributed by atoms with Gasteiger partial charge in [0.25, 0.3) is 0 Å². The molecule has 126 valence electrons. The number of anilines is 2. The first-order valence-corrected chi connectivity index (χ1v) is 8.51. The predicted octanol–water partition coefficient (Wildman–Crippen LogP) is 0.924. The van der Waals surface area contributed by atoms with Crippen LogP contribution in [-0.4, -0.2) is 61.6 Å². The molecule has 2 aliphatic heterocycles. The Morgan fingerprint density at radius 3 is 2.57 bits per heavy atom. The van der Waals surface area contributed by atoms with Gasteiger partial charge in [-0.15, -0.1) is 0 Å². The summed E-state index contributed by atoms with van der Waals surface area (Å²) in [7, 11) is 2.15. The number of nitrogens with zero attached hydrogens (tertiary/aromatic N) is 4. The number of hydrogen-bond donors (Lipinski definition) is 1. The van der Waals surface area contributed by atoms with Gasteiger partial charge in [-0.3, -0.25) is 4.79 Å². The molecule has 0 aliphatic carbocycles. The van der Waals surface area contributed by atoms with Crippen molar-refractivity contribution in [1.29, 1.82) is 0 Å². The standard InChI is InChI=1S/C17H27N5O/c1-13-6-7-22(14(12-13)17(18)23)16-5-3-4-15(19-16)21-10-8-20(2)9-11-21/h3-5,13-14H,6-12H2,1-2H3,(H2,18,23). The molecule has 2 unspecified atom stereocenters. The second kappa shape index (κ2) is 6.74. The molecule has 0 bridgehead atoms. The van der Waals surface area contributed by atoms with E-state index >= 15 is 0 Å². The minimum absolute atomic E-state index is 0.242. The number of piperidine rings is 1. The number of hydrogen-bond acceptors (Lipinski definition) is 5. The zero-order valence-corrected chi connectivity index (χ0v) is 14.1. The summed E-state index contributed by atoms with van der Waals surface area (Å²) in [6.07, 6.45) is 1.89. The highest BCUT2D eigenvalue weighted by molar-refractivity contribution is 5.83. The van der Waals surface area contributed by atoms with Crippen molar-refractivity contribution < 1.29 is 4.79 Å². The predicted molar refractivity (Wildman–Crippen MR) is 92.7 cm³/mol. The van der Waals surface area contributed by atoms with Gasteiger partial charge in [0.05, 0.1) is 0 Å². The Bertz CT molecular complexity index is 556. The van der Waals surface area contributed by atoms with E-state index < -0.39 is 0 Å². The quantitative estimate of drug-likeness (QED) is 0.898. The lowest BCUT2D eigenvalue weighted by molar-refractivity contribution is -0.120. The van der Waals surface area contributed by atoms with Crippen molar-refractivity contribution >= 4 is 17.5 Å². The molecular weight excluding hydrogens is 290 g/mol. The molecular formula is C17H27N5O. The topological polar surface area (TPSA) is 65.7 Å². The lowest BCUT2D eigenvalue weighted by Crippen LogP contribution is -2.50. The normalized spacial score (nSPS) is 26.3. The van der Waals surface area contributed by atoms with Crippen LogP contribution in [0.3, 0.4) is 0 Å². The number of carbonyl (C=O) groups excluding carboxylic acids is 1. The minimum atomic E-state index is -0.247. The van der Waals surface area contributed by atoms with E-state index in [0.717, 1.165) is 57.2 Å². The number of rotatable bonds is 3. The molecule has 6 heteroatoms. The summed E-state index contributed by atoms with van der Waals surface area (Å²) in [6.45, 7) is 7.11. The van der Waals surface area contributed by atoms with E-state index in [-0.39, 0.29) is 11.9 Å². The fourth-order valence-electron chi connectivity index (χ4n) is 3.47. The molecule has 6 nitrogen and oxygen atoms in total. The van der Waals surface area contributed by atoms with Crippen molar-refractivity contribution in [2.24, 2.45) is 11.7 Å². The summed E-state index contributed by atoms with van der Waals surface area (Å²) in [4.78, 5) is 23.4. The maximum absolute atomic E-state index is 11.8. The highest BCUT2D eigenvalue weighted by Crippen LogP contribution is 2.28. The lowest BCUT2D eigenvalue weighted by atomic mass is 9.92. The maximum Gasteiger partial charge on any atom is 0.240 e. The second-order valence-electron chi connectivity index (χ2n) is 6.89. The Morgan fingerprint density at radius 2 is 1.87 bits per heavy atom. The molecule has 0 saturated carbocycles. The Morgan fingerprint density at radius 1 is 1.17 bits per heavy atom.